The Bertz CT molecular complexity index is 512. The fraction of sp³-hybridized carbons (Fsp3) is 0.500. The first-order valence-electron chi connectivity index (χ1n) is 6.49. The van der Waals surface area contributed by atoms with E-state index in [4.69, 9.17) is 0 Å². The SMILES string of the molecule is Oc1ccc2nc(CC3CCCCC3)[nH]c2c1. The first-order valence-corrected chi connectivity index (χ1v) is 6.49. The summed E-state index contributed by atoms with van der Waals surface area (Å²) in [7, 11) is 0. The van der Waals surface area contributed by atoms with Crippen LogP contribution >= 0.6 is 0 Å². The molecule has 3 rings (SSSR count). The molecule has 0 amide bonds. The number of hydrogen-bond donors (Lipinski definition) is 2. The van der Waals surface area contributed by atoms with Crippen LogP contribution in [0.15, 0.2) is 18.2 Å². The minimum Gasteiger partial charge on any atom is -0.508 e. The van der Waals surface area contributed by atoms with Crippen molar-refractivity contribution >= 4 is 11.0 Å². The standard InChI is InChI=1S/C14H18N2O/c17-11-6-7-12-13(9-11)16-14(15-12)8-10-4-2-1-3-5-10/h6-7,9-10,17H,1-5,8H2,(H,15,16). The number of H-pyrrole nitrogens is 1. The van der Waals surface area contributed by atoms with Gasteiger partial charge in [0.25, 0.3) is 0 Å². The highest BCUT2D eigenvalue weighted by Gasteiger charge is 2.15. The average molecular weight is 230 g/mol. The molecule has 1 aliphatic carbocycles. The number of phenols is 1. The van der Waals surface area contributed by atoms with Crippen LogP contribution in [-0.2, 0) is 6.42 Å². The van der Waals surface area contributed by atoms with E-state index in [1.165, 1.54) is 32.1 Å². The van der Waals surface area contributed by atoms with Gasteiger partial charge in [0.1, 0.15) is 11.6 Å². The maximum atomic E-state index is 9.41. The molecule has 1 aliphatic rings. The number of hydrogen-bond acceptors (Lipinski definition) is 2. The molecule has 17 heavy (non-hydrogen) atoms. The fourth-order valence-electron chi connectivity index (χ4n) is 2.81. The number of rotatable bonds is 2. The second kappa shape index (κ2) is 4.40. The lowest BCUT2D eigenvalue weighted by Crippen LogP contribution is -2.10. The van der Waals surface area contributed by atoms with E-state index in [9.17, 15) is 5.11 Å². The van der Waals surface area contributed by atoms with Gasteiger partial charge in [-0.15, -0.1) is 0 Å². The summed E-state index contributed by atoms with van der Waals surface area (Å²) >= 11 is 0. The van der Waals surface area contributed by atoms with E-state index >= 15 is 0 Å². The summed E-state index contributed by atoms with van der Waals surface area (Å²) in [6.07, 6.45) is 7.85. The molecule has 0 radical (unpaired) electrons. The number of phenolic OH excluding ortho intramolecular Hbond substituents is 1. The van der Waals surface area contributed by atoms with Crippen molar-refractivity contribution in [3.8, 4) is 5.75 Å². The van der Waals surface area contributed by atoms with Crippen LogP contribution in [0.4, 0.5) is 0 Å². The van der Waals surface area contributed by atoms with Gasteiger partial charge in [0.15, 0.2) is 0 Å². The molecule has 90 valence electrons. The minimum absolute atomic E-state index is 0.297. The number of benzene rings is 1. The van der Waals surface area contributed by atoms with E-state index < -0.39 is 0 Å². The number of aromatic nitrogens is 2. The van der Waals surface area contributed by atoms with Gasteiger partial charge in [-0.3, -0.25) is 0 Å². The molecule has 1 saturated carbocycles. The van der Waals surface area contributed by atoms with Crippen LogP contribution in [-0.4, -0.2) is 15.1 Å². The predicted octanol–water partition coefficient (Wildman–Crippen LogP) is 3.39. The summed E-state index contributed by atoms with van der Waals surface area (Å²) in [5.41, 5.74) is 1.89. The second-order valence-corrected chi connectivity index (χ2v) is 5.09. The molecule has 1 aromatic heterocycles. The smallest absolute Gasteiger partial charge is 0.117 e. The van der Waals surface area contributed by atoms with Crippen molar-refractivity contribution in [2.24, 2.45) is 5.92 Å². The summed E-state index contributed by atoms with van der Waals surface area (Å²) in [6.45, 7) is 0. The van der Waals surface area contributed by atoms with Crippen molar-refractivity contribution in [2.75, 3.05) is 0 Å². The van der Waals surface area contributed by atoms with Crippen molar-refractivity contribution in [3.05, 3.63) is 24.0 Å². The Morgan fingerprint density at radius 3 is 2.88 bits per heavy atom. The van der Waals surface area contributed by atoms with Crippen LogP contribution in [0.3, 0.4) is 0 Å². The number of fused-ring (bicyclic) bond motifs is 1. The number of nitrogens with one attached hydrogen (secondary N) is 1. The van der Waals surface area contributed by atoms with Gasteiger partial charge >= 0.3 is 0 Å². The molecule has 1 fully saturated rings. The Labute approximate surface area is 101 Å². The van der Waals surface area contributed by atoms with Crippen LogP contribution in [0.1, 0.15) is 37.9 Å². The average Bonchev–Trinajstić information content (AvgIpc) is 2.71. The van der Waals surface area contributed by atoms with Crippen molar-refractivity contribution in [2.45, 2.75) is 38.5 Å². The largest absolute Gasteiger partial charge is 0.508 e. The van der Waals surface area contributed by atoms with Gasteiger partial charge < -0.3 is 10.1 Å². The van der Waals surface area contributed by atoms with Crippen LogP contribution in [0.25, 0.3) is 11.0 Å². The highest BCUT2D eigenvalue weighted by Crippen LogP contribution is 2.27. The first-order chi connectivity index (χ1) is 8.31. The Hall–Kier alpha value is -1.51. The molecular weight excluding hydrogens is 212 g/mol. The first kappa shape index (κ1) is 10.6. The molecule has 0 atom stereocenters. The van der Waals surface area contributed by atoms with Crippen molar-refractivity contribution < 1.29 is 5.11 Å². The van der Waals surface area contributed by atoms with Crippen molar-refractivity contribution in [1.82, 2.24) is 9.97 Å². The molecular formula is C14H18N2O. The van der Waals surface area contributed by atoms with E-state index in [-0.39, 0.29) is 0 Å². The Kier molecular flexibility index (Phi) is 2.75. The highest BCUT2D eigenvalue weighted by atomic mass is 16.3. The zero-order chi connectivity index (χ0) is 11.7. The molecule has 0 aliphatic heterocycles. The Balaban J connectivity index is 1.80. The zero-order valence-electron chi connectivity index (χ0n) is 9.95. The molecule has 0 unspecified atom stereocenters. The van der Waals surface area contributed by atoms with Crippen molar-refractivity contribution in [3.63, 3.8) is 0 Å². The molecule has 0 spiro atoms. The monoisotopic (exact) mass is 230 g/mol. The van der Waals surface area contributed by atoms with Gasteiger partial charge in [-0.1, -0.05) is 32.1 Å². The van der Waals surface area contributed by atoms with Crippen LogP contribution < -0.4 is 0 Å². The molecule has 1 heterocycles. The van der Waals surface area contributed by atoms with Gasteiger partial charge in [0.05, 0.1) is 11.0 Å². The molecule has 0 bridgehead atoms. The number of nitrogens with zero attached hydrogens (tertiary/aromatic N) is 1. The summed E-state index contributed by atoms with van der Waals surface area (Å²) < 4.78 is 0. The summed E-state index contributed by atoms with van der Waals surface area (Å²) in [5.74, 6) is 2.15. The Morgan fingerprint density at radius 1 is 1.24 bits per heavy atom. The molecule has 3 heteroatoms. The normalized spacial score (nSPS) is 17.6. The second-order valence-electron chi connectivity index (χ2n) is 5.09. The topological polar surface area (TPSA) is 48.9 Å². The Morgan fingerprint density at radius 2 is 2.06 bits per heavy atom. The third kappa shape index (κ3) is 2.28. The summed E-state index contributed by atoms with van der Waals surface area (Å²) in [5, 5.41) is 9.41. The lowest BCUT2D eigenvalue weighted by Gasteiger charge is -2.20. The van der Waals surface area contributed by atoms with Crippen LogP contribution in [0.5, 0.6) is 5.75 Å². The molecule has 2 aromatic rings. The third-order valence-corrected chi connectivity index (χ3v) is 3.72. The van der Waals surface area contributed by atoms with Gasteiger partial charge in [0, 0.05) is 12.5 Å². The maximum absolute atomic E-state index is 9.41. The quantitative estimate of drug-likeness (QED) is 0.830. The summed E-state index contributed by atoms with van der Waals surface area (Å²) in [6, 6.07) is 5.30. The van der Waals surface area contributed by atoms with E-state index in [0.29, 0.717) is 5.75 Å². The summed E-state index contributed by atoms with van der Waals surface area (Å²) in [4.78, 5) is 7.89. The van der Waals surface area contributed by atoms with E-state index in [0.717, 1.165) is 29.2 Å². The van der Waals surface area contributed by atoms with Gasteiger partial charge in [0.2, 0.25) is 0 Å². The molecule has 0 saturated heterocycles. The molecule has 1 aromatic carbocycles. The third-order valence-electron chi connectivity index (χ3n) is 3.72. The van der Waals surface area contributed by atoms with Crippen LogP contribution in [0, 0.1) is 5.92 Å². The van der Waals surface area contributed by atoms with Gasteiger partial charge in [-0.25, -0.2) is 4.98 Å². The minimum atomic E-state index is 0.297. The van der Waals surface area contributed by atoms with E-state index in [1.54, 1.807) is 12.1 Å². The molecule has 3 nitrogen and oxygen atoms in total. The van der Waals surface area contributed by atoms with E-state index in [2.05, 4.69) is 9.97 Å². The maximum Gasteiger partial charge on any atom is 0.117 e. The fourth-order valence-corrected chi connectivity index (χ4v) is 2.81. The number of aromatic amines is 1. The lowest BCUT2D eigenvalue weighted by molar-refractivity contribution is 0.352. The number of aromatic hydroxyl groups is 1. The predicted molar refractivity (Wildman–Crippen MR) is 68.0 cm³/mol. The van der Waals surface area contributed by atoms with Gasteiger partial charge in [-0.05, 0) is 18.1 Å². The highest BCUT2D eigenvalue weighted by molar-refractivity contribution is 5.76. The molecule has 2 N–H and O–H groups in total. The van der Waals surface area contributed by atoms with E-state index in [1.807, 2.05) is 6.07 Å². The lowest BCUT2D eigenvalue weighted by atomic mass is 9.87. The van der Waals surface area contributed by atoms with Crippen molar-refractivity contribution in [1.29, 1.82) is 0 Å². The zero-order valence-corrected chi connectivity index (χ0v) is 9.95. The number of imidazole rings is 1. The van der Waals surface area contributed by atoms with Crippen LogP contribution in [0.2, 0.25) is 0 Å². The van der Waals surface area contributed by atoms with Gasteiger partial charge in [-0.2, -0.15) is 0 Å².